The Labute approximate surface area is 135 Å². The average Bonchev–Trinajstić information content (AvgIpc) is 2.36. The van der Waals surface area contributed by atoms with Gasteiger partial charge in [0.25, 0.3) is 0 Å². The fourth-order valence-electron chi connectivity index (χ4n) is 1.79. The maximum absolute atomic E-state index is 11.9. The van der Waals surface area contributed by atoms with Gasteiger partial charge >= 0.3 is 12.0 Å². The van der Waals surface area contributed by atoms with Crippen LogP contribution in [0.5, 0.6) is 0 Å². The number of hydrogen-bond acceptors (Lipinski definition) is 4. The number of hydrogen-bond donors (Lipinski definition) is 4. The molecule has 1 aromatic rings. The Balaban J connectivity index is 2.59. The van der Waals surface area contributed by atoms with Crippen molar-refractivity contribution < 1.29 is 23.1 Å². The summed E-state index contributed by atoms with van der Waals surface area (Å²) < 4.78 is 24.5. The van der Waals surface area contributed by atoms with E-state index in [1.165, 1.54) is 12.1 Å². The van der Waals surface area contributed by atoms with Crippen molar-refractivity contribution in [2.45, 2.75) is 32.2 Å². The predicted molar refractivity (Wildman–Crippen MR) is 88.0 cm³/mol. The lowest BCUT2D eigenvalue weighted by molar-refractivity contribution is -0.137. The molecule has 8 nitrogen and oxygen atoms in total. The van der Waals surface area contributed by atoms with Gasteiger partial charge < -0.3 is 15.7 Å². The van der Waals surface area contributed by atoms with Gasteiger partial charge in [0.05, 0.1) is 6.26 Å². The van der Waals surface area contributed by atoms with Crippen LogP contribution in [0.15, 0.2) is 24.3 Å². The Morgan fingerprint density at radius 2 is 1.65 bits per heavy atom. The average molecular weight is 343 g/mol. The number of urea groups is 1. The van der Waals surface area contributed by atoms with Crippen molar-refractivity contribution in [3.8, 4) is 0 Å². The molecule has 0 aliphatic carbocycles. The smallest absolute Gasteiger partial charge is 0.319 e. The summed E-state index contributed by atoms with van der Waals surface area (Å²) in [7, 11) is -3.35. The van der Waals surface area contributed by atoms with Crippen molar-refractivity contribution in [1.82, 2.24) is 5.32 Å². The highest BCUT2D eigenvalue weighted by atomic mass is 32.2. The number of carboxylic acid groups (broad SMARTS) is 1. The number of carboxylic acids is 1. The highest BCUT2D eigenvalue weighted by molar-refractivity contribution is 7.92. The third-order valence-electron chi connectivity index (χ3n) is 2.86. The zero-order chi connectivity index (χ0) is 17.7. The van der Waals surface area contributed by atoms with Gasteiger partial charge in [-0.3, -0.25) is 9.52 Å². The van der Waals surface area contributed by atoms with Gasteiger partial charge in [-0.15, -0.1) is 0 Å². The number of benzene rings is 1. The monoisotopic (exact) mass is 343 g/mol. The Kier molecular flexibility index (Phi) is 5.97. The summed E-state index contributed by atoms with van der Waals surface area (Å²) in [6.45, 7) is 3.46. The molecule has 0 unspecified atom stereocenters. The van der Waals surface area contributed by atoms with E-state index in [9.17, 15) is 18.0 Å². The number of nitrogens with one attached hydrogen (secondary N) is 3. The second-order valence-corrected chi connectivity index (χ2v) is 7.56. The lowest BCUT2D eigenvalue weighted by Crippen LogP contribution is -2.45. The zero-order valence-corrected chi connectivity index (χ0v) is 14.0. The normalized spacial score (nSPS) is 11.6. The first kappa shape index (κ1) is 18.8. The van der Waals surface area contributed by atoms with Crippen LogP contribution in [-0.4, -0.2) is 37.3 Å². The topological polar surface area (TPSA) is 125 Å². The van der Waals surface area contributed by atoms with Crippen LogP contribution in [0.1, 0.15) is 26.7 Å². The summed E-state index contributed by atoms with van der Waals surface area (Å²) in [6.07, 6.45) is 1.30. The van der Waals surface area contributed by atoms with Crippen molar-refractivity contribution >= 4 is 33.4 Å². The molecule has 0 fully saturated rings. The molecule has 0 bridgehead atoms. The van der Waals surface area contributed by atoms with E-state index in [0.29, 0.717) is 17.8 Å². The van der Waals surface area contributed by atoms with E-state index in [1.54, 1.807) is 26.0 Å². The zero-order valence-electron chi connectivity index (χ0n) is 13.2. The number of aliphatic carboxylic acids is 1. The van der Waals surface area contributed by atoms with Crippen LogP contribution in [0.4, 0.5) is 16.2 Å². The number of sulfonamides is 1. The Morgan fingerprint density at radius 1 is 1.13 bits per heavy atom. The molecule has 0 radical (unpaired) electrons. The molecule has 0 heterocycles. The van der Waals surface area contributed by atoms with Crippen LogP contribution >= 0.6 is 0 Å². The molecule has 1 rings (SSSR count). The first-order valence-corrected chi connectivity index (χ1v) is 8.75. The molecule has 0 atom stereocenters. The molecule has 128 valence electrons. The highest BCUT2D eigenvalue weighted by Gasteiger charge is 2.21. The van der Waals surface area contributed by atoms with Crippen LogP contribution in [0, 0.1) is 0 Å². The molecule has 4 N–H and O–H groups in total. The number of carbonyl (C=O) groups excluding carboxylic acids is 1. The summed E-state index contributed by atoms with van der Waals surface area (Å²) in [4.78, 5) is 22.5. The van der Waals surface area contributed by atoms with E-state index in [4.69, 9.17) is 5.11 Å². The molecule has 0 saturated carbocycles. The summed E-state index contributed by atoms with van der Waals surface area (Å²) in [6, 6.07) is 5.68. The molecule has 0 aliphatic heterocycles. The van der Waals surface area contributed by atoms with E-state index < -0.39 is 27.6 Å². The molecular weight excluding hydrogens is 322 g/mol. The molecular formula is C14H21N3O5S. The number of carbonyl (C=O) groups is 2. The molecule has 23 heavy (non-hydrogen) atoms. The second kappa shape index (κ2) is 7.32. The van der Waals surface area contributed by atoms with Crippen LogP contribution < -0.4 is 15.4 Å². The maximum atomic E-state index is 11.9. The SMILES string of the molecule is CC(C)(CCC(=O)O)NC(=O)Nc1ccc(NS(C)(=O)=O)cc1. The van der Waals surface area contributed by atoms with E-state index in [1.807, 2.05) is 0 Å². The predicted octanol–water partition coefficient (Wildman–Crippen LogP) is 1.82. The van der Waals surface area contributed by atoms with Gasteiger partial charge in [-0.1, -0.05) is 0 Å². The molecule has 0 spiro atoms. The Bertz CT molecular complexity index is 668. The summed E-state index contributed by atoms with van der Waals surface area (Å²) in [5.41, 5.74) is 0.205. The summed E-state index contributed by atoms with van der Waals surface area (Å²) >= 11 is 0. The van der Waals surface area contributed by atoms with Crippen LogP contribution in [0.2, 0.25) is 0 Å². The van der Waals surface area contributed by atoms with E-state index in [0.717, 1.165) is 6.26 Å². The third kappa shape index (κ3) is 8.05. The van der Waals surface area contributed by atoms with Crippen molar-refractivity contribution in [2.75, 3.05) is 16.3 Å². The van der Waals surface area contributed by atoms with Crippen molar-refractivity contribution in [1.29, 1.82) is 0 Å². The molecule has 9 heteroatoms. The van der Waals surface area contributed by atoms with E-state index in [2.05, 4.69) is 15.4 Å². The minimum absolute atomic E-state index is 0.0425. The summed E-state index contributed by atoms with van der Waals surface area (Å²) in [5.74, 6) is -0.922. The van der Waals surface area contributed by atoms with Crippen molar-refractivity contribution in [3.63, 3.8) is 0 Å². The van der Waals surface area contributed by atoms with Gasteiger partial charge in [-0.2, -0.15) is 0 Å². The minimum Gasteiger partial charge on any atom is -0.481 e. The molecule has 2 amide bonds. The number of rotatable bonds is 7. The fraction of sp³-hybridized carbons (Fsp3) is 0.429. The van der Waals surface area contributed by atoms with Gasteiger partial charge in [-0.25, -0.2) is 13.2 Å². The quantitative estimate of drug-likeness (QED) is 0.601. The fourth-order valence-corrected chi connectivity index (χ4v) is 2.35. The van der Waals surface area contributed by atoms with Crippen LogP contribution in [0.25, 0.3) is 0 Å². The molecule has 0 aromatic heterocycles. The van der Waals surface area contributed by atoms with Gasteiger partial charge in [0.1, 0.15) is 0 Å². The minimum atomic E-state index is -3.35. The number of amides is 2. The molecule has 0 saturated heterocycles. The third-order valence-corrected chi connectivity index (χ3v) is 3.47. The molecule has 1 aromatic carbocycles. The van der Waals surface area contributed by atoms with Crippen LogP contribution in [-0.2, 0) is 14.8 Å². The maximum Gasteiger partial charge on any atom is 0.319 e. The van der Waals surface area contributed by atoms with Crippen molar-refractivity contribution in [3.05, 3.63) is 24.3 Å². The Morgan fingerprint density at radius 3 is 2.13 bits per heavy atom. The second-order valence-electron chi connectivity index (χ2n) is 5.81. The number of anilines is 2. The van der Waals surface area contributed by atoms with Gasteiger partial charge in [0, 0.05) is 23.3 Å². The van der Waals surface area contributed by atoms with Crippen molar-refractivity contribution in [2.24, 2.45) is 0 Å². The first-order chi connectivity index (χ1) is 10.5. The summed E-state index contributed by atoms with van der Waals surface area (Å²) in [5, 5.41) is 14.0. The van der Waals surface area contributed by atoms with Gasteiger partial charge in [-0.05, 0) is 44.5 Å². The lowest BCUT2D eigenvalue weighted by Gasteiger charge is -2.25. The van der Waals surface area contributed by atoms with Crippen LogP contribution in [0.3, 0.4) is 0 Å². The molecule has 0 aliphatic rings. The standard InChI is InChI=1S/C14H21N3O5S/c1-14(2,9-8-12(18)19)16-13(20)15-10-4-6-11(7-5-10)17-23(3,21)22/h4-7,17H,8-9H2,1-3H3,(H,18,19)(H2,15,16,20). The van der Waals surface area contributed by atoms with Gasteiger partial charge in [0.2, 0.25) is 10.0 Å². The largest absolute Gasteiger partial charge is 0.481 e. The van der Waals surface area contributed by atoms with Gasteiger partial charge in [0.15, 0.2) is 0 Å². The first-order valence-electron chi connectivity index (χ1n) is 6.86. The highest BCUT2D eigenvalue weighted by Crippen LogP contribution is 2.15. The Hall–Kier alpha value is -2.29. The van der Waals surface area contributed by atoms with E-state index in [-0.39, 0.29) is 6.42 Å². The van der Waals surface area contributed by atoms with E-state index >= 15 is 0 Å². The lowest BCUT2D eigenvalue weighted by atomic mass is 9.99.